The molecule has 4 aromatic rings. The first kappa shape index (κ1) is 21.3. The van der Waals surface area contributed by atoms with E-state index in [1.165, 1.54) is 0 Å². The largest absolute Gasteiger partial charge is 0.457 e. The minimum atomic E-state index is -0.109. The number of halogens is 2. The van der Waals surface area contributed by atoms with E-state index in [9.17, 15) is 4.79 Å². The summed E-state index contributed by atoms with van der Waals surface area (Å²) < 4.78 is 6.00. The van der Waals surface area contributed by atoms with Crippen LogP contribution in [-0.4, -0.2) is 5.91 Å². The van der Waals surface area contributed by atoms with Crippen LogP contribution in [0.5, 0.6) is 0 Å². The van der Waals surface area contributed by atoms with Crippen molar-refractivity contribution in [2.75, 3.05) is 4.90 Å². The molecule has 0 radical (unpaired) electrons. The Morgan fingerprint density at radius 3 is 2.42 bits per heavy atom. The third kappa shape index (κ3) is 4.13. The van der Waals surface area contributed by atoms with Crippen LogP contribution in [0.3, 0.4) is 0 Å². The van der Waals surface area contributed by atoms with Gasteiger partial charge < -0.3 is 4.42 Å². The molecular weight excluding hydrogens is 453 g/mol. The molecule has 1 aliphatic rings. The number of rotatable bonds is 4. The number of furan rings is 1. The Bertz CT molecular complexity index is 1420. The highest BCUT2D eigenvalue weighted by Crippen LogP contribution is 2.37. The molecule has 0 bridgehead atoms. The molecule has 1 aromatic heterocycles. The van der Waals surface area contributed by atoms with Gasteiger partial charge in [0.05, 0.1) is 16.4 Å². The lowest BCUT2D eigenvalue weighted by Crippen LogP contribution is -2.25. The van der Waals surface area contributed by atoms with Gasteiger partial charge in [0.1, 0.15) is 11.5 Å². The molecule has 5 heteroatoms. The molecule has 3 aromatic carbocycles. The van der Waals surface area contributed by atoms with Gasteiger partial charge in [-0.1, -0.05) is 71.7 Å². The van der Waals surface area contributed by atoms with E-state index in [4.69, 9.17) is 27.6 Å². The molecule has 162 valence electrons. The maximum atomic E-state index is 13.5. The second kappa shape index (κ2) is 8.78. The smallest absolute Gasteiger partial charge is 0.263 e. The minimum absolute atomic E-state index is 0.109. The van der Waals surface area contributed by atoms with E-state index in [0.717, 1.165) is 22.5 Å². The molecule has 0 atom stereocenters. The van der Waals surface area contributed by atoms with Crippen LogP contribution in [-0.2, 0) is 4.79 Å². The molecule has 0 aliphatic carbocycles. The predicted molar refractivity (Wildman–Crippen MR) is 135 cm³/mol. The van der Waals surface area contributed by atoms with Gasteiger partial charge in [-0.3, -0.25) is 9.69 Å². The summed E-state index contributed by atoms with van der Waals surface area (Å²) in [5.41, 5.74) is 4.90. The van der Waals surface area contributed by atoms with Crippen LogP contribution >= 0.6 is 23.2 Å². The topological polar surface area (TPSA) is 33.5 Å². The van der Waals surface area contributed by atoms with Crippen LogP contribution in [0.2, 0.25) is 10.0 Å². The van der Waals surface area contributed by atoms with Crippen molar-refractivity contribution in [3.63, 3.8) is 0 Å². The van der Waals surface area contributed by atoms with Crippen molar-refractivity contribution >= 4 is 46.6 Å². The number of benzene rings is 3. The standard InChI is InChI=1S/C28H19Cl2NO2/c1-18-7-5-6-10-25(18)31-26(19-8-3-2-4-9-19)16-20(28(31)32)15-22-12-14-27(33-22)23-17-21(29)11-13-24(23)30/h2-17H,1H3/b20-15+. The molecule has 0 saturated heterocycles. The van der Waals surface area contributed by atoms with Gasteiger partial charge >= 0.3 is 0 Å². The number of aryl methyl sites for hydroxylation is 1. The molecule has 0 saturated carbocycles. The van der Waals surface area contributed by atoms with E-state index in [2.05, 4.69) is 0 Å². The highest BCUT2D eigenvalue weighted by Gasteiger charge is 2.31. The summed E-state index contributed by atoms with van der Waals surface area (Å²) in [6.07, 6.45) is 3.66. The van der Waals surface area contributed by atoms with Crippen LogP contribution < -0.4 is 4.90 Å². The molecule has 5 rings (SSSR count). The fraction of sp³-hybridized carbons (Fsp3) is 0.0357. The minimum Gasteiger partial charge on any atom is -0.457 e. The number of nitrogens with zero attached hydrogens (tertiary/aromatic N) is 1. The number of carbonyl (C=O) groups is 1. The fourth-order valence-corrected chi connectivity index (χ4v) is 4.29. The first-order chi connectivity index (χ1) is 16.0. The first-order valence-corrected chi connectivity index (χ1v) is 11.2. The summed E-state index contributed by atoms with van der Waals surface area (Å²) in [5.74, 6) is 1.03. The Balaban J connectivity index is 1.57. The molecule has 3 nitrogen and oxygen atoms in total. The quantitative estimate of drug-likeness (QED) is 0.282. The molecule has 0 fully saturated rings. The summed E-state index contributed by atoms with van der Waals surface area (Å²) >= 11 is 12.4. The zero-order chi connectivity index (χ0) is 22.9. The lowest BCUT2D eigenvalue weighted by atomic mass is 10.1. The molecule has 2 heterocycles. The van der Waals surface area contributed by atoms with Gasteiger partial charge in [0.15, 0.2) is 0 Å². The molecule has 33 heavy (non-hydrogen) atoms. The number of amides is 1. The van der Waals surface area contributed by atoms with E-state index in [0.29, 0.717) is 32.7 Å². The summed E-state index contributed by atoms with van der Waals surface area (Å²) in [5, 5.41) is 1.11. The van der Waals surface area contributed by atoms with Gasteiger partial charge in [0, 0.05) is 16.2 Å². The third-order valence-electron chi connectivity index (χ3n) is 5.53. The van der Waals surface area contributed by atoms with Crippen LogP contribution in [0.4, 0.5) is 5.69 Å². The van der Waals surface area contributed by atoms with Crippen molar-refractivity contribution in [1.82, 2.24) is 0 Å². The lowest BCUT2D eigenvalue weighted by Gasteiger charge is -2.22. The Morgan fingerprint density at radius 2 is 1.64 bits per heavy atom. The second-order valence-corrected chi connectivity index (χ2v) is 8.59. The molecular formula is C28H19Cl2NO2. The van der Waals surface area contributed by atoms with Crippen molar-refractivity contribution in [3.8, 4) is 11.3 Å². The number of hydrogen-bond acceptors (Lipinski definition) is 2. The van der Waals surface area contributed by atoms with E-state index in [1.54, 1.807) is 29.2 Å². The second-order valence-electron chi connectivity index (χ2n) is 7.75. The van der Waals surface area contributed by atoms with Gasteiger partial charge in [-0.15, -0.1) is 0 Å². The predicted octanol–water partition coefficient (Wildman–Crippen LogP) is 8.03. The van der Waals surface area contributed by atoms with Crippen molar-refractivity contribution < 1.29 is 9.21 Å². The third-order valence-corrected chi connectivity index (χ3v) is 6.09. The molecule has 0 N–H and O–H groups in total. The van der Waals surface area contributed by atoms with E-state index in [-0.39, 0.29) is 5.91 Å². The van der Waals surface area contributed by atoms with Crippen molar-refractivity contribution in [2.45, 2.75) is 6.92 Å². The zero-order valence-electron chi connectivity index (χ0n) is 17.8. The normalized spacial score (nSPS) is 14.8. The van der Waals surface area contributed by atoms with Gasteiger partial charge in [-0.05, 0) is 66.6 Å². The van der Waals surface area contributed by atoms with Crippen molar-refractivity contribution in [2.24, 2.45) is 0 Å². The van der Waals surface area contributed by atoms with Crippen LogP contribution in [0.1, 0.15) is 16.9 Å². The van der Waals surface area contributed by atoms with Crippen LogP contribution in [0, 0.1) is 6.92 Å². The SMILES string of the molecule is Cc1ccccc1N1C(=O)/C(=C/c2ccc(-c3cc(Cl)ccc3Cl)o2)C=C1c1ccccc1. The van der Waals surface area contributed by atoms with E-state index >= 15 is 0 Å². The Hall–Kier alpha value is -3.53. The fourth-order valence-electron chi connectivity index (χ4n) is 3.91. The number of hydrogen-bond donors (Lipinski definition) is 0. The summed E-state index contributed by atoms with van der Waals surface area (Å²) in [6, 6.07) is 26.6. The Labute approximate surface area is 202 Å². The van der Waals surface area contributed by atoms with Gasteiger partial charge in [-0.2, -0.15) is 0 Å². The van der Waals surface area contributed by atoms with Gasteiger partial charge in [0.2, 0.25) is 0 Å². The van der Waals surface area contributed by atoms with Crippen molar-refractivity contribution in [3.05, 3.63) is 124 Å². The van der Waals surface area contributed by atoms with Crippen LogP contribution in [0.15, 0.2) is 101 Å². The van der Waals surface area contributed by atoms with Gasteiger partial charge in [0.25, 0.3) is 5.91 Å². The highest BCUT2D eigenvalue weighted by atomic mass is 35.5. The van der Waals surface area contributed by atoms with Crippen LogP contribution in [0.25, 0.3) is 23.1 Å². The number of para-hydroxylation sites is 1. The Morgan fingerprint density at radius 1 is 0.879 bits per heavy atom. The highest BCUT2D eigenvalue weighted by molar-refractivity contribution is 6.35. The molecule has 1 amide bonds. The molecule has 1 aliphatic heterocycles. The molecule has 0 unspecified atom stereocenters. The van der Waals surface area contributed by atoms with E-state index < -0.39 is 0 Å². The zero-order valence-corrected chi connectivity index (χ0v) is 19.3. The average molecular weight is 472 g/mol. The summed E-state index contributed by atoms with van der Waals surface area (Å²) in [6.45, 7) is 2.00. The average Bonchev–Trinajstić information content (AvgIpc) is 3.41. The van der Waals surface area contributed by atoms with Crippen molar-refractivity contribution in [1.29, 1.82) is 0 Å². The number of carbonyl (C=O) groups excluding carboxylic acids is 1. The van der Waals surface area contributed by atoms with E-state index in [1.807, 2.05) is 79.7 Å². The maximum absolute atomic E-state index is 13.5. The number of anilines is 1. The Kier molecular flexibility index (Phi) is 5.67. The lowest BCUT2D eigenvalue weighted by molar-refractivity contribution is -0.113. The first-order valence-electron chi connectivity index (χ1n) is 10.5. The summed E-state index contributed by atoms with van der Waals surface area (Å²) in [4.78, 5) is 15.3. The molecule has 0 spiro atoms. The van der Waals surface area contributed by atoms with Gasteiger partial charge in [-0.25, -0.2) is 0 Å². The monoisotopic (exact) mass is 471 g/mol. The maximum Gasteiger partial charge on any atom is 0.263 e. The summed E-state index contributed by atoms with van der Waals surface area (Å²) in [7, 11) is 0.